The largest absolute Gasteiger partial charge is 0.371 e. The van der Waals surface area contributed by atoms with E-state index in [-0.39, 0.29) is 11.9 Å². The lowest BCUT2D eigenvalue weighted by molar-refractivity contribution is -0.126. The molecule has 2 aliphatic heterocycles. The van der Waals surface area contributed by atoms with Crippen molar-refractivity contribution >= 4 is 21.6 Å². The van der Waals surface area contributed by atoms with Gasteiger partial charge in [0, 0.05) is 31.4 Å². The molecule has 0 saturated carbocycles. The monoisotopic (exact) mass is 365 g/mol. The Labute approximate surface area is 150 Å². The van der Waals surface area contributed by atoms with Crippen LogP contribution in [0.1, 0.15) is 32.1 Å². The summed E-state index contributed by atoms with van der Waals surface area (Å²) in [7, 11) is -3.34. The maximum Gasteiger partial charge on any atom is 0.238 e. The van der Waals surface area contributed by atoms with Gasteiger partial charge in [0.15, 0.2) is 0 Å². The van der Waals surface area contributed by atoms with Crippen molar-refractivity contribution in [2.24, 2.45) is 0 Å². The number of piperidine rings is 2. The number of para-hydroxylation sites is 1. The van der Waals surface area contributed by atoms with E-state index < -0.39 is 16.1 Å². The maximum atomic E-state index is 12.6. The average molecular weight is 365 g/mol. The molecule has 1 amide bonds. The highest BCUT2D eigenvalue weighted by atomic mass is 32.2. The summed E-state index contributed by atoms with van der Waals surface area (Å²) in [5, 5.41) is 3.09. The van der Waals surface area contributed by atoms with Crippen molar-refractivity contribution in [3.8, 4) is 0 Å². The second-order valence-corrected chi connectivity index (χ2v) is 8.93. The predicted octanol–water partition coefficient (Wildman–Crippen LogP) is 1.59. The third-order valence-electron chi connectivity index (χ3n) is 5.15. The van der Waals surface area contributed by atoms with Crippen molar-refractivity contribution in [2.75, 3.05) is 30.8 Å². The van der Waals surface area contributed by atoms with Gasteiger partial charge in [0.2, 0.25) is 15.9 Å². The quantitative estimate of drug-likeness (QED) is 0.880. The van der Waals surface area contributed by atoms with E-state index in [4.69, 9.17) is 0 Å². The van der Waals surface area contributed by atoms with E-state index in [9.17, 15) is 13.2 Å². The summed E-state index contributed by atoms with van der Waals surface area (Å²) in [5.74, 6) is -0.136. The number of amides is 1. The van der Waals surface area contributed by atoms with Crippen molar-refractivity contribution in [1.29, 1.82) is 0 Å². The number of carbonyl (C=O) groups is 1. The third kappa shape index (κ3) is 4.52. The molecule has 2 aliphatic rings. The zero-order chi connectivity index (χ0) is 17.9. The van der Waals surface area contributed by atoms with Crippen LogP contribution in [-0.4, -0.2) is 56.6 Å². The standard InChI is InChI=1S/C18H27N3O3S/c1-25(23,24)21-12-6-5-9-17(21)18(22)19-15-10-13-20(14-11-15)16-7-3-2-4-8-16/h2-4,7-8,15,17H,5-6,9-14H2,1H3,(H,19,22). The molecule has 1 unspecified atom stereocenters. The van der Waals surface area contributed by atoms with Crippen LogP contribution in [0, 0.1) is 0 Å². The van der Waals surface area contributed by atoms with Crippen LogP contribution in [0.4, 0.5) is 5.69 Å². The molecule has 25 heavy (non-hydrogen) atoms. The van der Waals surface area contributed by atoms with Gasteiger partial charge in [-0.2, -0.15) is 4.31 Å². The highest BCUT2D eigenvalue weighted by molar-refractivity contribution is 7.88. The first-order chi connectivity index (χ1) is 11.9. The lowest BCUT2D eigenvalue weighted by atomic mass is 10.0. The molecule has 2 fully saturated rings. The molecule has 3 rings (SSSR count). The molecular formula is C18H27N3O3S. The van der Waals surface area contributed by atoms with Crippen molar-refractivity contribution in [3.63, 3.8) is 0 Å². The van der Waals surface area contributed by atoms with Crippen molar-refractivity contribution in [3.05, 3.63) is 30.3 Å². The van der Waals surface area contributed by atoms with Crippen LogP contribution in [0.25, 0.3) is 0 Å². The Morgan fingerprint density at radius 3 is 2.36 bits per heavy atom. The molecule has 1 aromatic rings. The van der Waals surface area contributed by atoms with E-state index >= 15 is 0 Å². The minimum absolute atomic E-state index is 0.121. The molecule has 138 valence electrons. The fraction of sp³-hybridized carbons (Fsp3) is 0.611. The number of benzene rings is 1. The van der Waals surface area contributed by atoms with E-state index in [1.165, 1.54) is 16.2 Å². The summed E-state index contributed by atoms with van der Waals surface area (Å²) in [4.78, 5) is 15.0. The fourth-order valence-electron chi connectivity index (χ4n) is 3.78. The number of hydrogen-bond acceptors (Lipinski definition) is 4. The molecule has 2 saturated heterocycles. The second kappa shape index (κ2) is 7.74. The third-order valence-corrected chi connectivity index (χ3v) is 6.43. The molecule has 0 aromatic heterocycles. The summed E-state index contributed by atoms with van der Waals surface area (Å²) in [6.07, 6.45) is 5.29. The number of carbonyl (C=O) groups excluding carboxylic acids is 1. The number of nitrogens with one attached hydrogen (secondary N) is 1. The molecule has 6 nitrogen and oxygen atoms in total. The summed E-state index contributed by atoms with van der Waals surface area (Å²) >= 11 is 0. The molecule has 0 spiro atoms. The first-order valence-electron chi connectivity index (χ1n) is 9.02. The second-order valence-electron chi connectivity index (χ2n) is 6.99. The summed E-state index contributed by atoms with van der Waals surface area (Å²) in [6, 6.07) is 9.86. The number of rotatable bonds is 4. The van der Waals surface area contributed by atoms with Crippen LogP contribution in [0.15, 0.2) is 30.3 Å². The van der Waals surface area contributed by atoms with Gasteiger partial charge >= 0.3 is 0 Å². The Kier molecular flexibility index (Phi) is 5.64. The lowest BCUT2D eigenvalue weighted by Gasteiger charge is -2.37. The zero-order valence-electron chi connectivity index (χ0n) is 14.7. The number of hydrogen-bond donors (Lipinski definition) is 1. The molecule has 1 atom stereocenters. The molecule has 0 bridgehead atoms. The highest BCUT2D eigenvalue weighted by Gasteiger charge is 2.35. The predicted molar refractivity (Wildman–Crippen MR) is 99.0 cm³/mol. The summed E-state index contributed by atoms with van der Waals surface area (Å²) in [6.45, 7) is 2.24. The minimum atomic E-state index is -3.34. The average Bonchev–Trinajstić information content (AvgIpc) is 2.62. The highest BCUT2D eigenvalue weighted by Crippen LogP contribution is 2.22. The van der Waals surface area contributed by atoms with Crippen LogP contribution in [-0.2, 0) is 14.8 Å². The van der Waals surface area contributed by atoms with E-state index in [0.29, 0.717) is 13.0 Å². The maximum absolute atomic E-state index is 12.6. The van der Waals surface area contributed by atoms with Crippen LogP contribution >= 0.6 is 0 Å². The molecule has 0 aliphatic carbocycles. The van der Waals surface area contributed by atoms with Gasteiger partial charge < -0.3 is 10.2 Å². The molecular weight excluding hydrogens is 338 g/mol. The SMILES string of the molecule is CS(=O)(=O)N1CCCCC1C(=O)NC1CCN(c2ccccc2)CC1. The first-order valence-corrected chi connectivity index (χ1v) is 10.9. The first kappa shape index (κ1) is 18.2. The van der Waals surface area contributed by atoms with Gasteiger partial charge in [-0.3, -0.25) is 4.79 Å². The Balaban J connectivity index is 1.55. The van der Waals surface area contributed by atoms with Crippen molar-refractivity contribution in [2.45, 2.75) is 44.2 Å². The van der Waals surface area contributed by atoms with Gasteiger partial charge in [0.25, 0.3) is 0 Å². The Hall–Kier alpha value is -1.60. The normalized spacial score (nSPS) is 23.4. The zero-order valence-corrected chi connectivity index (χ0v) is 15.5. The smallest absolute Gasteiger partial charge is 0.238 e. The molecule has 7 heteroatoms. The molecule has 2 heterocycles. The van der Waals surface area contributed by atoms with Gasteiger partial charge in [-0.15, -0.1) is 0 Å². The van der Waals surface area contributed by atoms with E-state index in [0.717, 1.165) is 38.8 Å². The molecule has 1 N–H and O–H groups in total. The lowest BCUT2D eigenvalue weighted by Crippen LogP contribution is -2.54. The van der Waals surface area contributed by atoms with Gasteiger partial charge in [-0.1, -0.05) is 24.6 Å². The van der Waals surface area contributed by atoms with E-state index in [1.54, 1.807) is 0 Å². The molecule has 1 aromatic carbocycles. The van der Waals surface area contributed by atoms with Gasteiger partial charge in [0.05, 0.1) is 6.26 Å². The van der Waals surface area contributed by atoms with E-state index in [2.05, 4.69) is 22.3 Å². The van der Waals surface area contributed by atoms with Gasteiger partial charge in [-0.25, -0.2) is 8.42 Å². The number of anilines is 1. The van der Waals surface area contributed by atoms with Gasteiger partial charge in [0.1, 0.15) is 6.04 Å². The van der Waals surface area contributed by atoms with Crippen molar-refractivity contribution in [1.82, 2.24) is 9.62 Å². The fourth-order valence-corrected chi connectivity index (χ4v) is 4.91. The van der Waals surface area contributed by atoms with Crippen LogP contribution < -0.4 is 10.2 Å². The summed E-state index contributed by atoms with van der Waals surface area (Å²) < 4.78 is 25.2. The number of sulfonamides is 1. The summed E-state index contributed by atoms with van der Waals surface area (Å²) in [5.41, 5.74) is 1.21. The Bertz CT molecular complexity index is 685. The van der Waals surface area contributed by atoms with Gasteiger partial charge in [-0.05, 0) is 37.8 Å². The minimum Gasteiger partial charge on any atom is -0.371 e. The van der Waals surface area contributed by atoms with Crippen LogP contribution in [0.2, 0.25) is 0 Å². The Morgan fingerprint density at radius 1 is 1.04 bits per heavy atom. The van der Waals surface area contributed by atoms with Crippen LogP contribution in [0.5, 0.6) is 0 Å². The number of nitrogens with zero attached hydrogens (tertiary/aromatic N) is 2. The Morgan fingerprint density at radius 2 is 1.72 bits per heavy atom. The van der Waals surface area contributed by atoms with Crippen LogP contribution in [0.3, 0.4) is 0 Å². The topological polar surface area (TPSA) is 69.7 Å². The molecule has 0 radical (unpaired) electrons. The van der Waals surface area contributed by atoms with E-state index in [1.807, 2.05) is 18.2 Å². The van der Waals surface area contributed by atoms with Crippen molar-refractivity contribution < 1.29 is 13.2 Å².